The molecule has 0 aromatic heterocycles. The Morgan fingerprint density at radius 1 is 1.11 bits per heavy atom. The molecule has 0 aliphatic carbocycles. The zero-order chi connectivity index (χ0) is 20.3. The summed E-state index contributed by atoms with van der Waals surface area (Å²) in [5.74, 6) is -0.452. The van der Waals surface area contributed by atoms with Gasteiger partial charge in [0.25, 0.3) is 5.91 Å². The summed E-state index contributed by atoms with van der Waals surface area (Å²) in [6.07, 6.45) is 0. The van der Waals surface area contributed by atoms with E-state index in [1.807, 2.05) is 19.1 Å². The Kier molecular flexibility index (Phi) is 6.62. The molecule has 1 atom stereocenters. The number of nitrogens with zero attached hydrogens (tertiary/aromatic N) is 1. The van der Waals surface area contributed by atoms with Gasteiger partial charge in [0.05, 0.1) is 34.7 Å². The monoisotopic (exact) mass is 442 g/mol. The second-order valence-corrected chi connectivity index (χ2v) is 9.19. The highest BCUT2D eigenvalue weighted by Crippen LogP contribution is 2.25. The molecule has 2 aromatic carbocycles. The van der Waals surface area contributed by atoms with Gasteiger partial charge in [0.15, 0.2) is 0 Å². The zero-order valence-corrected chi connectivity index (χ0v) is 17.5. The summed E-state index contributed by atoms with van der Waals surface area (Å²) in [6, 6.07) is 11.0. The maximum Gasteiger partial charge on any atom is 0.253 e. The number of benzene rings is 2. The van der Waals surface area contributed by atoms with E-state index >= 15 is 0 Å². The van der Waals surface area contributed by atoms with Crippen LogP contribution in [0.1, 0.15) is 28.9 Å². The SMILES string of the molecule is C[C@@H](NC(=O)c1cc(S(=O)(=O)N2CCOCC2)ccc1Cl)c1ccc(Cl)cc1. The third-order valence-corrected chi connectivity index (χ3v) is 6.98. The van der Waals surface area contributed by atoms with Crippen molar-refractivity contribution in [3.8, 4) is 0 Å². The van der Waals surface area contributed by atoms with Crippen molar-refractivity contribution in [3.05, 3.63) is 63.6 Å². The van der Waals surface area contributed by atoms with Crippen molar-refractivity contribution in [2.75, 3.05) is 26.3 Å². The zero-order valence-electron chi connectivity index (χ0n) is 15.2. The van der Waals surface area contributed by atoms with Gasteiger partial charge in [-0.3, -0.25) is 4.79 Å². The molecular formula is C19H20Cl2N2O4S. The highest BCUT2D eigenvalue weighted by Gasteiger charge is 2.27. The molecule has 0 spiro atoms. The van der Waals surface area contributed by atoms with E-state index < -0.39 is 15.9 Å². The lowest BCUT2D eigenvalue weighted by Gasteiger charge is -2.26. The molecule has 1 aliphatic rings. The first kappa shape index (κ1) is 21.1. The number of morpholine rings is 1. The molecule has 1 amide bonds. The van der Waals surface area contributed by atoms with Gasteiger partial charge in [0.2, 0.25) is 10.0 Å². The average molecular weight is 443 g/mol. The molecule has 2 aromatic rings. The summed E-state index contributed by atoms with van der Waals surface area (Å²) in [4.78, 5) is 12.8. The van der Waals surface area contributed by atoms with Crippen molar-refractivity contribution in [3.63, 3.8) is 0 Å². The number of amides is 1. The van der Waals surface area contributed by atoms with Crippen LogP contribution in [0.15, 0.2) is 47.4 Å². The molecule has 150 valence electrons. The molecule has 28 heavy (non-hydrogen) atoms. The minimum Gasteiger partial charge on any atom is -0.379 e. The van der Waals surface area contributed by atoms with Gasteiger partial charge >= 0.3 is 0 Å². The minimum absolute atomic E-state index is 0.0306. The lowest BCUT2D eigenvalue weighted by atomic mass is 10.1. The Labute approximate surface area is 174 Å². The predicted octanol–water partition coefficient (Wildman–Crippen LogP) is 3.51. The second kappa shape index (κ2) is 8.80. The summed E-state index contributed by atoms with van der Waals surface area (Å²) in [6.45, 7) is 3.07. The van der Waals surface area contributed by atoms with Gasteiger partial charge in [0.1, 0.15) is 0 Å². The molecule has 1 fully saturated rings. The number of sulfonamides is 1. The van der Waals surface area contributed by atoms with Gasteiger partial charge in [-0.15, -0.1) is 0 Å². The third kappa shape index (κ3) is 4.67. The minimum atomic E-state index is -3.72. The average Bonchev–Trinajstić information content (AvgIpc) is 2.69. The quantitative estimate of drug-likeness (QED) is 0.768. The molecule has 0 radical (unpaired) electrons. The van der Waals surface area contributed by atoms with Crippen molar-refractivity contribution < 1.29 is 17.9 Å². The van der Waals surface area contributed by atoms with E-state index in [9.17, 15) is 13.2 Å². The number of carbonyl (C=O) groups is 1. The Hall–Kier alpha value is -1.64. The number of rotatable bonds is 5. The molecule has 1 saturated heterocycles. The van der Waals surface area contributed by atoms with Crippen molar-refractivity contribution >= 4 is 39.1 Å². The summed E-state index contributed by atoms with van der Waals surface area (Å²) >= 11 is 12.1. The van der Waals surface area contributed by atoms with Crippen LogP contribution in [0.3, 0.4) is 0 Å². The second-order valence-electron chi connectivity index (χ2n) is 6.40. The Morgan fingerprint density at radius 3 is 2.39 bits per heavy atom. The lowest BCUT2D eigenvalue weighted by Crippen LogP contribution is -2.40. The van der Waals surface area contributed by atoms with E-state index in [2.05, 4.69) is 5.32 Å². The number of ether oxygens (including phenoxy) is 1. The molecule has 1 heterocycles. The van der Waals surface area contributed by atoms with E-state index in [-0.39, 0.29) is 34.6 Å². The van der Waals surface area contributed by atoms with Crippen molar-refractivity contribution in [1.29, 1.82) is 0 Å². The molecular weight excluding hydrogens is 423 g/mol. The van der Waals surface area contributed by atoms with Crippen molar-refractivity contribution in [1.82, 2.24) is 9.62 Å². The van der Waals surface area contributed by atoms with Gasteiger partial charge < -0.3 is 10.1 Å². The fourth-order valence-corrected chi connectivity index (χ4v) is 4.65. The smallest absolute Gasteiger partial charge is 0.253 e. The first-order valence-electron chi connectivity index (χ1n) is 8.73. The van der Waals surface area contributed by atoms with Gasteiger partial charge in [0, 0.05) is 18.1 Å². The van der Waals surface area contributed by atoms with Crippen LogP contribution < -0.4 is 5.32 Å². The highest BCUT2D eigenvalue weighted by atomic mass is 35.5. The fourth-order valence-electron chi connectivity index (χ4n) is 2.88. The molecule has 1 aliphatic heterocycles. The number of hydrogen-bond donors (Lipinski definition) is 1. The number of hydrogen-bond acceptors (Lipinski definition) is 4. The Balaban J connectivity index is 1.82. The van der Waals surface area contributed by atoms with Crippen LogP contribution in [-0.2, 0) is 14.8 Å². The Bertz CT molecular complexity index is 958. The van der Waals surface area contributed by atoms with Crippen LogP contribution in [0.25, 0.3) is 0 Å². The fraction of sp³-hybridized carbons (Fsp3) is 0.316. The topological polar surface area (TPSA) is 75.7 Å². The molecule has 0 bridgehead atoms. The summed E-state index contributed by atoms with van der Waals surface area (Å²) in [7, 11) is -3.72. The molecule has 6 nitrogen and oxygen atoms in total. The van der Waals surface area contributed by atoms with Crippen molar-refractivity contribution in [2.45, 2.75) is 17.9 Å². The normalized spacial score (nSPS) is 16.5. The van der Waals surface area contributed by atoms with E-state index in [1.165, 1.54) is 22.5 Å². The molecule has 9 heteroatoms. The van der Waals surface area contributed by atoms with E-state index in [0.29, 0.717) is 18.2 Å². The Morgan fingerprint density at radius 2 is 1.75 bits per heavy atom. The third-order valence-electron chi connectivity index (χ3n) is 4.51. The van der Waals surface area contributed by atoms with Gasteiger partial charge in [-0.1, -0.05) is 35.3 Å². The molecule has 0 saturated carbocycles. The first-order chi connectivity index (χ1) is 13.3. The molecule has 1 N–H and O–H groups in total. The van der Waals surface area contributed by atoms with Crippen LogP contribution in [-0.4, -0.2) is 44.9 Å². The van der Waals surface area contributed by atoms with Gasteiger partial charge in [-0.05, 0) is 42.8 Å². The largest absolute Gasteiger partial charge is 0.379 e. The van der Waals surface area contributed by atoms with E-state index in [0.717, 1.165) is 5.56 Å². The number of carbonyl (C=O) groups excluding carboxylic acids is 1. The van der Waals surface area contributed by atoms with Crippen LogP contribution in [0.5, 0.6) is 0 Å². The van der Waals surface area contributed by atoms with Crippen LogP contribution in [0.4, 0.5) is 0 Å². The number of halogens is 2. The number of nitrogens with one attached hydrogen (secondary N) is 1. The van der Waals surface area contributed by atoms with Gasteiger partial charge in [-0.25, -0.2) is 8.42 Å². The predicted molar refractivity (Wildman–Crippen MR) is 108 cm³/mol. The van der Waals surface area contributed by atoms with E-state index in [1.54, 1.807) is 12.1 Å². The van der Waals surface area contributed by atoms with E-state index in [4.69, 9.17) is 27.9 Å². The maximum atomic E-state index is 12.8. The lowest BCUT2D eigenvalue weighted by molar-refractivity contribution is 0.0730. The standard InChI is InChI=1S/C19H20Cl2N2O4S/c1-13(14-2-4-15(20)5-3-14)22-19(24)17-12-16(6-7-18(17)21)28(25,26)23-8-10-27-11-9-23/h2-7,12-13H,8-11H2,1H3,(H,22,24)/t13-/m1/s1. The summed E-state index contributed by atoms with van der Waals surface area (Å²) < 4.78 is 32.2. The van der Waals surface area contributed by atoms with Crippen LogP contribution in [0, 0.1) is 0 Å². The molecule has 3 rings (SSSR count). The molecule has 0 unspecified atom stereocenters. The van der Waals surface area contributed by atoms with Crippen LogP contribution >= 0.6 is 23.2 Å². The van der Waals surface area contributed by atoms with Crippen LogP contribution in [0.2, 0.25) is 10.0 Å². The maximum absolute atomic E-state index is 12.8. The van der Waals surface area contributed by atoms with Gasteiger partial charge in [-0.2, -0.15) is 4.31 Å². The first-order valence-corrected chi connectivity index (χ1v) is 10.9. The summed E-state index contributed by atoms with van der Waals surface area (Å²) in [5.41, 5.74) is 0.975. The summed E-state index contributed by atoms with van der Waals surface area (Å²) in [5, 5.41) is 3.62. The highest BCUT2D eigenvalue weighted by molar-refractivity contribution is 7.89. The van der Waals surface area contributed by atoms with Crippen molar-refractivity contribution in [2.24, 2.45) is 0 Å².